The Labute approximate surface area is 125 Å². The maximum absolute atomic E-state index is 11.5. The second-order valence-corrected chi connectivity index (χ2v) is 5.70. The second-order valence-electron chi connectivity index (χ2n) is 4.47. The molecule has 8 heteroatoms. The first kappa shape index (κ1) is 15.2. The van der Waals surface area contributed by atoms with E-state index in [9.17, 15) is 9.59 Å². The second kappa shape index (κ2) is 6.98. The van der Waals surface area contributed by atoms with E-state index < -0.39 is 5.97 Å². The van der Waals surface area contributed by atoms with Gasteiger partial charge in [-0.15, -0.1) is 11.3 Å². The number of nitrogens with one attached hydrogen (secondary N) is 2. The van der Waals surface area contributed by atoms with Gasteiger partial charge in [0.1, 0.15) is 17.0 Å². The molecular formula is C13H16N4O3S. The summed E-state index contributed by atoms with van der Waals surface area (Å²) in [5.74, 6) is -0.400. The lowest BCUT2D eigenvalue weighted by Gasteiger charge is -2.06. The van der Waals surface area contributed by atoms with E-state index in [0.717, 1.165) is 15.1 Å². The van der Waals surface area contributed by atoms with Gasteiger partial charge >= 0.3 is 5.97 Å². The van der Waals surface area contributed by atoms with Crippen LogP contribution < -0.4 is 10.6 Å². The highest BCUT2D eigenvalue weighted by Crippen LogP contribution is 2.27. The van der Waals surface area contributed by atoms with Crippen LogP contribution in [0, 0.1) is 6.92 Å². The van der Waals surface area contributed by atoms with Gasteiger partial charge in [0, 0.05) is 24.4 Å². The zero-order chi connectivity index (χ0) is 15.2. The van der Waals surface area contributed by atoms with Crippen LogP contribution in [0.2, 0.25) is 0 Å². The fraction of sp³-hybridized carbons (Fsp3) is 0.385. The summed E-state index contributed by atoms with van der Waals surface area (Å²) >= 11 is 1.59. The first-order valence-electron chi connectivity index (χ1n) is 6.50. The predicted octanol–water partition coefficient (Wildman–Crippen LogP) is 1.39. The monoisotopic (exact) mass is 308 g/mol. The zero-order valence-electron chi connectivity index (χ0n) is 11.5. The maximum atomic E-state index is 11.5. The molecule has 0 fully saturated rings. The van der Waals surface area contributed by atoms with Gasteiger partial charge in [-0.2, -0.15) is 0 Å². The first-order valence-corrected chi connectivity index (χ1v) is 7.31. The molecule has 21 heavy (non-hydrogen) atoms. The van der Waals surface area contributed by atoms with Crippen molar-refractivity contribution in [3.8, 4) is 0 Å². The first-order chi connectivity index (χ1) is 10.1. The van der Waals surface area contributed by atoms with Gasteiger partial charge in [-0.25, -0.2) is 9.97 Å². The summed E-state index contributed by atoms with van der Waals surface area (Å²) in [6.45, 7) is 2.58. The highest BCUT2D eigenvalue weighted by atomic mass is 32.1. The largest absolute Gasteiger partial charge is 0.481 e. The molecule has 2 aromatic heterocycles. The number of nitrogens with zero attached hydrogens (tertiary/aromatic N) is 2. The fourth-order valence-electron chi connectivity index (χ4n) is 1.81. The smallest absolute Gasteiger partial charge is 0.305 e. The quantitative estimate of drug-likeness (QED) is 0.714. The normalized spacial score (nSPS) is 10.5. The lowest BCUT2D eigenvalue weighted by Crippen LogP contribution is -2.27. The third kappa shape index (κ3) is 4.38. The number of carboxylic acids is 1. The van der Waals surface area contributed by atoms with Crippen LogP contribution in [0.3, 0.4) is 0 Å². The van der Waals surface area contributed by atoms with E-state index in [1.54, 1.807) is 11.3 Å². The van der Waals surface area contributed by atoms with Crippen LogP contribution in [0.5, 0.6) is 0 Å². The molecule has 0 saturated heterocycles. The maximum Gasteiger partial charge on any atom is 0.305 e. The number of anilines is 1. The van der Waals surface area contributed by atoms with E-state index in [2.05, 4.69) is 20.6 Å². The molecule has 0 aliphatic rings. The molecule has 0 unspecified atom stereocenters. The molecule has 0 radical (unpaired) electrons. The van der Waals surface area contributed by atoms with Gasteiger partial charge in [-0.05, 0) is 13.0 Å². The van der Waals surface area contributed by atoms with E-state index in [1.165, 1.54) is 6.33 Å². The predicted molar refractivity (Wildman–Crippen MR) is 80.5 cm³/mol. The lowest BCUT2D eigenvalue weighted by atomic mass is 10.3. The number of aryl methyl sites for hydroxylation is 1. The number of thiophene rings is 1. The van der Waals surface area contributed by atoms with Crippen molar-refractivity contribution in [1.82, 2.24) is 15.3 Å². The Morgan fingerprint density at radius 2 is 2.10 bits per heavy atom. The van der Waals surface area contributed by atoms with Crippen molar-refractivity contribution in [2.24, 2.45) is 0 Å². The summed E-state index contributed by atoms with van der Waals surface area (Å²) in [4.78, 5) is 32.3. The van der Waals surface area contributed by atoms with Crippen molar-refractivity contribution in [1.29, 1.82) is 0 Å². The number of fused-ring (bicyclic) bond motifs is 1. The van der Waals surface area contributed by atoms with Gasteiger partial charge in [-0.3, -0.25) is 9.59 Å². The number of amides is 1. The number of carbonyl (C=O) groups is 2. The van der Waals surface area contributed by atoms with Crippen molar-refractivity contribution >= 4 is 39.2 Å². The number of hydrogen-bond donors (Lipinski definition) is 3. The fourth-order valence-corrected chi connectivity index (χ4v) is 2.66. The number of hydrogen-bond acceptors (Lipinski definition) is 6. The van der Waals surface area contributed by atoms with Crippen molar-refractivity contribution in [3.63, 3.8) is 0 Å². The van der Waals surface area contributed by atoms with Crippen molar-refractivity contribution < 1.29 is 14.7 Å². The summed E-state index contributed by atoms with van der Waals surface area (Å²) in [6, 6.07) is 2.01. The van der Waals surface area contributed by atoms with Gasteiger partial charge < -0.3 is 15.7 Å². The van der Waals surface area contributed by atoms with Crippen LogP contribution in [0.15, 0.2) is 12.4 Å². The molecule has 0 aliphatic carbocycles. The Morgan fingerprint density at radius 3 is 2.86 bits per heavy atom. The van der Waals surface area contributed by atoms with Crippen molar-refractivity contribution in [2.75, 3.05) is 18.4 Å². The standard InChI is InChI=1S/C13H16N4O3S/c1-8-6-9-12(16-7-17-13(9)21-8)15-4-2-10(18)14-5-3-11(19)20/h6-7H,2-5H2,1H3,(H,14,18)(H,19,20)(H,15,16,17). The Kier molecular flexibility index (Phi) is 5.04. The number of rotatable bonds is 7. The molecule has 2 heterocycles. The Bertz CT molecular complexity index is 656. The Hall–Kier alpha value is -2.22. The number of carbonyl (C=O) groups excluding carboxylic acids is 1. The van der Waals surface area contributed by atoms with Crippen LogP contribution in [0.4, 0.5) is 5.82 Å². The molecule has 0 saturated carbocycles. The Balaban J connectivity index is 1.82. The minimum atomic E-state index is -0.926. The summed E-state index contributed by atoms with van der Waals surface area (Å²) in [7, 11) is 0. The average Bonchev–Trinajstić information content (AvgIpc) is 2.79. The van der Waals surface area contributed by atoms with Gasteiger partial charge in [0.15, 0.2) is 0 Å². The highest BCUT2D eigenvalue weighted by Gasteiger charge is 2.07. The Morgan fingerprint density at radius 1 is 1.29 bits per heavy atom. The number of carboxylic acid groups (broad SMARTS) is 1. The van der Waals surface area contributed by atoms with Crippen LogP contribution in [0.25, 0.3) is 10.2 Å². The van der Waals surface area contributed by atoms with E-state index in [4.69, 9.17) is 5.11 Å². The van der Waals surface area contributed by atoms with Gasteiger partial charge in [0.25, 0.3) is 0 Å². The molecule has 2 aromatic rings. The van der Waals surface area contributed by atoms with Crippen LogP contribution >= 0.6 is 11.3 Å². The topological polar surface area (TPSA) is 104 Å². The molecule has 7 nitrogen and oxygen atoms in total. The molecule has 3 N–H and O–H groups in total. The molecule has 0 spiro atoms. The van der Waals surface area contributed by atoms with Crippen LogP contribution in [-0.4, -0.2) is 40.0 Å². The molecule has 1 amide bonds. The van der Waals surface area contributed by atoms with E-state index in [0.29, 0.717) is 12.4 Å². The number of aromatic nitrogens is 2. The molecule has 0 aromatic carbocycles. The minimum Gasteiger partial charge on any atom is -0.481 e. The van der Waals surface area contributed by atoms with Gasteiger partial charge in [0.05, 0.1) is 11.8 Å². The third-order valence-electron chi connectivity index (χ3n) is 2.76. The third-order valence-corrected chi connectivity index (χ3v) is 3.72. The van der Waals surface area contributed by atoms with Gasteiger partial charge in [0.2, 0.25) is 5.91 Å². The van der Waals surface area contributed by atoms with E-state index in [1.807, 2.05) is 13.0 Å². The van der Waals surface area contributed by atoms with Crippen LogP contribution in [-0.2, 0) is 9.59 Å². The average molecular weight is 308 g/mol. The molecule has 0 bridgehead atoms. The minimum absolute atomic E-state index is 0.0696. The van der Waals surface area contributed by atoms with Crippen LogP contribution in [0.1, 0.15) is 17.7 Å². The van der Waals surface area contributed by atoms with E-state index >= 15 is 0 Å². The highest BCUT2D eigenvalue weighted by molar-refractivity contribution is 7.18. The molecule has 2 rings (SSSR count). The molecule has 0 atom stereocenters. The summed E-state index contributed by atoms with van der Waals surface area (Å²) in [5.41, 5.74) is 0. The summed E-state index contributed by atoms with van der Waals surface area (Å²) in [5, 5.41) is 15.1. The lowest BCUT2D eigenvalue weighted by molar-refractivity contribution is -0.136. The SMILES string of the molecule is Cc1cc2c(NCCC(=O)NCCC(=O)O)ncnc2s1. The van der Waals surface area contributed by atoms with Crippen molar-refractivity contribution in [3.05, 3.63) is 17.3 Å². The van der Waals surface area contributed by atoms with Gasteiger partial charge in [-0.1, -0.05) is 0 Å². The molecule has 0 aliphatic heterocycles. The van der Waals surface area contributed by atoms with Crippen molar-refractivity contribution in [2.45, 2.75) is 19.8 Å². The number of aliphatic carboxylic acids is 1. The molecule has 112 valence electrons. The van der Waals surface area contributed by atoms with E-state index in [-0.39, 0.29) is 25.3 Å². The zero-order valence-corrected chi connectivity index (χ0v) is 12.4. The summed E-state index contributed by atoms with van der Waals surface area (Å²) < 4.78 is 0. The molecular weight excluding hydrogens is 292 g/mol. The summed E-state index contributed by atoms with van der Waals surface area (Å²) in [6.07, 6.45) is 1.68.